The Balaban J connectivity index is 1.81. The van der Waals surface area contributed by atoms with Gasteiger partial charge in [0.15, 0.2) is 5.67 Å². The average Bonchev–Trinajstić information content (AvgIpc) is 3.01. The molecule has 1 aliphatic heterocycles. The lowest BCUT2D eigenvalue weighted by Crippen LogP contribution is -2.40. The number of hydrogen-bond acceptors (Lipinski definition) is 10. The topological polar surface area (TPSA) is 192 Å². The van der Waals surface area contributed by atoms with Crippen molar-refractivity contribution >= 4 is 19.5 Å². The fourth-order valence-corrected chi connectivity index (χ4v) is 4.79. The van der Waals surface area contributed by atoms with Crippen LogP contribution in [0.4, 0.5) is 10.2 Å². The molecule has 2 heterocycles. The lowest BCUT2D eigenvalue weighted by molar-refractivity contribution is -0.138. The highest BCUT2D eigenvalue weighted by atomic mass is 31.2. The molecule has 1 aromatic carbocycles. The van der Waals surface area contributed by atoms with Gasteiger partial charge in [0.2, 0.25) is 0 Å². The molecule has 1 fully saturated rings. The highest BCUT2D eigenvalue weighted by Gasteiger charge is 2.56. The van der Waals surface area contributed by atoms with Gasteiger partial charge in [0.1, 0.15) is 35.9 Å². The number of aliphatic hydroxyl groups is 1. The highest BCUT2D eigenvalue weighted by Crippen LogP contribution is 2.49. The Bertz CT molecular complexity index is 1120. The molecule has 34 heavy (non-hydrogen) atoms. The molecule has 13 nitrogen and oxygen atoms in total. The van der Waals surface area contributed by atoms with Gasteiger partial charge in [-0.15, -0.1) is 0 Å². The second-order valence-electron chi connectivity index (χ2n) is 7.67. The van der Waals surface area contributed by atoms with Crippen LogP contribution in [0.25, 0.3) is 0 Å². The van der Waals surface area contributed by atoms with E-state index in [9.17, 15) is 24.5 Å². The first-order chi connectivity index (χ1) is 16.0. The molecule has 0 aliphatic carbocycles. The van der Waals surface area contributed by atoms with Crippen LogP contribution in [0.15, 0.2) is 41.3 Å². The number of aromatic nitrogens is 2. The van der Waals surface area contributed by atoms with E-state index in [1.165, 1.54) is 19.1 Å². The minimum atomic E-state index is -4.34. The summed E-state index contributed by atoms with van der Waals surface area (Å²) >= 11 is 0. The van der Waals surface area contributed by atoms with Crippen molar-refractivity contribution in [1.29, 1.82) is 0 Å². The normalized spacial score (nSPS) is 27.0. The van der Waals surface area contributed by atoms with Gasteiger partial charge in [-0.1, -0.05) is 18.2 Å². The van der Waals surface area contributed by atoms with Crippen molar-refractivity contribution in [2.45, 2.75) is 43.9 Å². The third-order valence-electron chi connectivity index (χ3n) is 5.09. The minimum Gasteiger partial charge on any atom is -0.480 e. The van der Waals surface area contributed by atoms with Gasteiger partial charge in [-0.25, -0.2) is 18.7 Å². The van der Waals surface area contributed by atoms with Crippen LogP contribution in [0.3, 0.4) is 0 Å². The number of aromatic amines is 1. The van der Waals surface area contributed by atoms with Gasteiger partial charge in [0, 0.05) is 11.8 Å². The summed E-state index contributed by atoms with van der Waals surface area (Å²) < 4.78 is 45.0. The predicted octanol–water partition coefficient (Wildman–Crippen LogP) is 1.37. The first-order valence-corrected chi connectivity index (χ1v) is 11.5. The molecular formula is C19H24FN4O9P. The number of rotatable bonds is 10. The summed E-state index contributed by atoms with van der Waals surface area (Å²) in [5, 5.41) is 31.2. The van der Waals surface area contributed by atoms with Crippen LogP contribution in [0.5, 0.6) is 5.75 Å². The summed E-state index contributed by atoms with van der Waals surface area (Å²) in [6, 6.07) is 6.45. The Morgan fingerprint density at radius 1 is 1.41 bits per heavy atom. The summed E-state index contributed by atoms with van der Waals surface area (Å²) in [5.41, 5.74) is -1.67. The number of aliphatic hydroxyl groups excluding tert-OH is 1. The number of H-pyrrole nitrogens is 1. The van der Waals surface area contributed by atoms with Crippen LogP contribution < -0.4 is 20.8 Å². The van der Waals surface area contributed by atoms with Gasteiger partial charge < -0.3 is 19.5 Å². The molecule has 0 saturated carbocycles. The van der Waals surface area contributed by atoms with Crippen molar-refractivity contribution in [3.05, 3.63) is 52.6 Å². The zero-order valence-corrected chi connectivity index (χ0v) is 18.9. The molecule has 15 heteroatoms. The number of hydrogen-bond donors (Lipinski definition) is 6. The van der Waals surface area contributed by atoms with Crippen molar-refractivity contribution in [2.24, 2.45) is 0 Å². The van der Waals surface area contributed by atoms with E-state index in [2.05, 4.69) is 15.1 Å². The monoisotopic (exact) mass is 502 g/mol. The Hall–Kier alpha value is -2.87. The summed E-state index contributed by atoms with van der Waals surface area (Å²) in [5.74, 6) is -1.52. The molecule has 3 rings (SSSR count). The molecule has 0 spiro atoms. The second kappa shape index (κ2) is 10.2. The zero-order chi connectivity index (χ0) is 25.1. The lowest BCUT2D eigenvalue weighted by atomic mass is 9.91. The number of alkyl halides is 1. The number of carbonyl (C=O) groups is 1. The lowest BCUT2D eigenvalue weighted by Gasteiger charge is -2.25. The molecule has 2 unspecified atom stereocenters. The molecule has 2 aromatic rings. The van der Waals surface area contributed by atoms with E-state index in [-0.39, 0.29) is 17.1 Å². The molecule has 6 atom stereocenters. The summed E-state index contributed by atoms with van der Waals surface area (Å²) in [7, 11) is -4.34. The number of carboxylic acids is 1. The number of nitrogens with one attached hydrogen (secondary N) is 3. The molecule has 6 N–H and O–H groups in total. The van der Waals surface area contributed by atoms with E-state index in [1.807, 2.05) is 0 Å². The summed E-state index contributed by atoms with van der Waals surface area (Å²) in [6.45, 7) is 1.58. The number of halogens is 1. The molecule has 0 radical (unpaired) electrons. The number of ether oxygens (including phenoxy) is 1. The molecule has 186 valence electrons. The number of para-hydroxylation sites is 1. The third kappa shape index (κ3) is 5.60. The van der Waals surface area contributed by atoms with Crippen LogP contribution in [-0.4, -0.2) is 61.9 Å². The fraction of sp³-hybridized carbons (Fsp3) is 0.421. The van der Waals surface area contributed by atoms with Gasteiger partial charge in [-0.3, -0.25) is 25.0 Å². The first kappa shape index (κ1) is 25.7. The van der Waals surface area contributed by atoms with Crippen molar-refractivity contribution in [2.75, 3.05) is 12.1 Å². The van der Waals surface area contributed by atoms with E-state index < -0.39 is 56.0 Å². The van der Waals surface area contributed by atoms with Gasteiger partial charge >= 0.3 is 19.4 Å². The van der Waals surface area contributed by atoms with Crippen LogP contribution in [0, 0.1) is 0 Å². The zero-order valence-electron chi connectivity index (χ0n) is 18.0. The quantitative estimate of drug-likeness (QED) is 0.202. The molecule has 0 amide bonds. The Labute approximate surface area is 192 Å². The summed E-state index contributed by atoms with van der Waals surface area (Å²) in [4.78, 5) is 28.3. The van der Waals surface area contributed by atoms with E-state index >= 15 is 4.39 Å². The van der Waals surface area contributed by atoms with Gasteiger partial charge in [0.25, 0.3) is 0 Å². The first-order valence-electron chi connectivity index (χ1n) is 9.98. The number of nitrogens with zero attached hydrogens (tertiary/aromatic N) is 1. The van der Waals surface area contributed by atoms with Crippen LogP contribution in [-0.2, 0) is 18.6 Å². The highest BCUT2D eigenvalue weighted by molar-refractivity contribution is 7.52. The molecule has 0 bridgehead atoms. The SMILES string of the molecule is CC(NP(=O)(OC[C@H]1O[C@H](c2cnc(=O)[nH]c2NO)[C@](C)(F)[C@@H]1O)Oc1ccccc1)C(=O)O. The van der Waals surface area contributed by atoms with Gasteiger partial charge in [-0.2, -0.15) is 5.09 Å². The predicted molar refractivity (Wildman–Crippen MR) is 114 cm³/mol. The van der Waals surface area contributed by atoms with Crippen molar-refractivity contribution in [1.82, 2.24) is 15.1 Å². The van der Waals surface area contributed by atoms with Gasteiger partial charge in [0.05, 0.1) is 6.61 Å². The Morgan fingerprint density at radius 3 is 2.71 bits per heavy atom. The maximum Gasteiger partial charge on any atom is 0.459 e. The largest absolute Gasteiger partial charge is 0.480 e. The maximum atomic E-state index is 15.5. The van der Waals surface area contributed by atoms with Crippen LogP contribution >= 0.6 is 7.75 Å². The van der Waals surface area contributed by atoms with Crippen molar-refractivity contribution in [3.8, 4) is 5.75 Å². The fourth-order valence-electron chi connectivity index (χ4n) is 3.28. The molecular weight excluding hydrogens is 478 g/mol. The molecule has 1 aromatic heterocycles. The average molecular weight is 502 g/mol. The molecule has 1 aliphatic rings. The standard InChI is InChI=1S/C19H24FN4O9P/c1-10(17(26)27)24-34(30,33-11-6-4-3-5-7-11)31-9-13-14(25)19(2,20)15(32-13)12-8-21-18(28)22-16(12)23-29/h3-8,10,13-15,25,29H,9H2,1-2H3,(H,24,30)(H,26,27)(H2,21,22,23,28)/t10?,13-,14-,15-,19-,34?/m1/s1. The van der Waals surface area contributed by atoms with E-state index in [0.717, 1.165) is 13.1 Å². The van der Waals surface area contributed by atoms with Crippen molar-refractivity contribution in [3.63, 3.8) is 0 Å². The number of benzene rings is 1. The van der Waals surface area contributed by atoms with E-state index in [4.69, 9.17) is 18.9 Å². The molecule has 1 saturated heterocycles. The third-order valence-corrected chi connectivity index (χ3v) is 6.73. The van der Waals surface area contributed by atoms with Gasteiger partial charge in [-0.05, 0) is 26.0 Å². The number of carboxylic acid groups (broad SMARTS) is 1. The maximum absolute atomic E-state index is 15.5. The number of aliphatic carboxylic acids is 1. The number of anilines is 1. The smallest absolute Gasteiger partial charge is 0.459 e. The second-order valence-corrected chi connectivity index (χ2v) is 9.36. The Kier molecular flexibility index (Phi) is 7.70. The van der Waals surface area contributed by atoms with Crippen LogP contribution in [0.2, 0.25) is 0 Å². The minimum absolute atomic E-state index is 0.102. The van der Waals surface area contributed by atoms with Crippen LogP contribution in [0.1, 0.15) is 25.5 Å². The van der Waals surface area contributed by atoms with Crippen molar-refractivity contribution < 1.29 is 43.0 Å². The summed E-state index contributed by atoms with van der Waals surface area (Å²) in [6.07, 6.45) is -3.75. The van der Waals surface area contributed by atoms with E-state index in [1.54, 1.807) is 23.7 Å². The Morgan fingerprint density at radius 2 is 2.09 bits per heavy atom. The van der Waals surface area contributed by atoms with E-state index in [0.29, 0.717) is 0 Å².